The minimum Gasteiger partial charge on any atom is -0.394 e. The van der Waals surface area contributed by atoms with E-state index in [0.29, 0.717) is 6.42 Å². The van der Waals surface area contributed by atoms with Crippen LogP contribution < -0.4 is 5.32 Å². The van der Waals surface area contributed by atoms with Crippen LogP contribution in [0.15, 0.2) is 36.5 Å². The molecule has 234 valence electrons. The molecule has 0 bridgehead atoms. The third-order valence-corrected chi connectivity index (χ3v) is 7.45. The summed E-state index contributed by atoms with van der Waals surface area (Å²) in [5.41, 5.74) is 0. The fourth-order valence-corrected chi connectivity index (χ4v) is 4.72. The number of carbonyl (C=O) groups is 1. The van der Waals surface area contributed by atoms with E-state index in [4.69, 9.17) is 0 Å². The van der Waals surface area contributed by atoms with Crippen LogP contribution in [0.2, 0.25) is 0 Å². The molecule has 3 atom stereocenters. The molecule has 0 fully saturated rings. The van der Waals surface area contributed by atoms with Crippen molar-refractivity contribution < 1.29 is 20.1 Å². The first kappa shape index (κ1) is 38.6. The molecule has 0 aromatic heterocycles. The van der Waals surface area contributed by atoms with Crippen LogP contribution in [0.1, 0.15) is 155 Å². The molecular formula is C35H65NO4. The molecular weight excluding hydrogens is 498 g/mol. The number of amides is 1. The van der Waals surface area contributed by atoms with Gasteiger partial charge >= 0.3 is 0 Å². The monoisotopic (exact) mass is 563 g/mol. The number of hydrogen-bond donors (Lipinski definition) is 4. The predicted octanol–water partition coefficient (Wildman–Crippen LogP) is 8.48. The van der Waals surface area contributed by atoms with Gasteiger partial charge < -0.3 is 20.6 Å². The van der Waals surface area contributed by atoms with Crippen molar-refractivity contribution in [3.05, 3.63) is 36.5 Å². The molecule has 1 amide bonds. The Bertz CT molecular complexity index is 631. The number of allylic oxidation sites excluding steroid dienone is 5. The Hall–Kier alpha value is -1.43. The second-order valence-electron chi connectivity index (χ2n) is 11.4. The van der Waals surface area contributed by atoms with Crippen molar-refractivity contribution in [2.24, 2.45) is 0 Å². The van der Waals surface area contributed by atoms with E-state index in [9.17, 15) is 20.1 Å². The van der Waals surface area contributed by atoms with Crippen molar-refractivity contribution in [3.63, 3.8) is 0 Å². The Morgan fingerprint density at radius 3 is 1.52 bits per heavy atom. The maximum Gasteiger partial charge on any atom is 0.249 e. The summed E-state index contributed by atoms with van der Waals surface area (Å²) < 4.78 is 0. The van der Waals surface area contributed by atoms with Crippen LogP contribution in [0.3, 0.4) is 0 Å². The van der Waals surface area contributed by atoms with Gasteiger partial charge in [0.25, 0.3) is 0 Å². The molecule has 0 spiro atoms. The van der Waals surface area contributed by atoms with Crippen LogP contribution in [-0.2, 0) is 4.79 Å². The Labute approximate surface area is 247 Å². The van der Waals surface area contributed by atoms with Crippen molar-refractivity contribution >= 4 is 5.91 Å². The van der Waals surface area contributed by atoms with E-state index in [0.717, 1.165) is 51.4 Å². The number of aliphatic hydroxyl groups excluding tert-OH is 3. The van der Waals surface area contributed by atoms with E-state index in [1.165, 1.54) is 83.5 Å². The zero-order chi connectivity index (χ0) is 29.5. The summed E-state index contributed by atoms with van der Waals surface area (Å²) in [5, 5.41) is 32.8. The van der Waals surface area contributed by atoms with Gasteiger partial charge in [-0.15, -0.1) is 0 Å². The van der Waals surface area contributed by atoms with Gasteiger partial charge in [-0.3, -0.25) is 4.79 Å². The molecule has 0 saturated carbocycles. The topological polar surface area (TPSA) is 89.8 Å². The molecule has 0 heterocycles. The highest BCUT2D eigenvalue weighted by molar-refractivity contribution is 5.80. The number of rotatable bonds is 29. The van der Waals surface area contributed by atoms with Gasteiger partial charge in [0.15, 0.2) is 0 Å². The molecule has 3 unspecified atom stereocenters. The number of aliphatic hydroxyl groups is 3. The molecule has 0 aliphatic carbocycles. The third-order valence-electron chi connectivity index (χ3n) is 7.45. The largest absolute Gasteiger partial charge is 0.394 e. The summed E-state index contributed by atoms with van der Waals surface area (Å²) >= 11 is 0. The van der Waals surface area contributed by atoms with Gasteiger partial charge in [0, 0.05) is 0 Å². The number of hydrogen-bond acceptors (Lipinski definition) is 4. The van der Waals surface area contributed by atoms with Crippen LogP contribution in [0.5, 0.6) is 0 Å². The first-order chi connectivity index (χ1) is 19.6. The van der Waals surface area contributed by atoms with Gasteiger partial charge in [-0.25, -0.2) is 0 Å². The molecule has 0 aromatic rings. The molecule has 0 aliphatic heterocycles. The predicted molar refractivity (Wildman–Crippen MR) is 171 cm³/mol. The molecule has 5 heteroatoms. The lowest BCUT2D eigenvalue weighted by atomic mass is 10.1. The van der Waals surface area contributed by atoms with Crippen LogP contribution in [-0.4, -0.2) is 46.1 Å². The average molecular weight is 564 g/mol. The van der Waals surface area contributed by atoms with Crippen molar-refractivity contribution in [1.29, 1.82) is 0 Å². The highest BCUT2D eigenvalue weighted by Crippen LogP contribution is 2.11. The van der Waals surface area contributed by atoms with E-state index < -0.39 is 24.2 Å². The lowest BCUT2D eigenvalue weighted by molar-refractivity contribution is -0.131. The van der Waals surface area contributed by atoms with Gasteiger partial charge in [-0.2, -0.15) is 0 Å². The average Bonchev–Trinajstić information content (AvgIpc) is 2.96. The van der Waals surface area contributed by atoms with Gasteiger partial charge in [0.05, 0.1) is 18.8 Å². The first-order valence-corrected chi connectivity index (χ1v) is 16.8. The number of nitrogens with one attached hydrogen (secondary N) is 1. The number of carbonyl (C=O) groups excluding carboxylic acids is 1. The van der Waals surface area contributed by atoms with Crippen LogP contribution >= 0.6 is 0 Å². The van der Waals surface area contributed by atoms with E-state index in [1.54, 1.807) is 6.08 Å². The summed E-state index contributed by atoms with van der Waals surface area (Å²) in [6, 6.07) is -0.815. The minimum atomic E-state index is -1.11. The summed E-state index contributed by atoms with van der Waals surface area (Å²) in [6.07, 6.45) is 35.8. The molecule has 0 saturated heterocycles. The fraction of sp³-hybridized carbons (Fsp3) is 0.800. The minimum absolute atomic E-state index is 0.381. The maximum atomic E-state index is 12.3. The molecule has 0 rings (SSSR count). The summed E-state index contributed by atoms with van der Waals surface area (Å²) in [4.78, 5) is 12.3. The Morgan fingerprint density at radius 2 is 1.02 bits per heavy atom. The quantitative estimate of drug-likeness (QED) is 0.0543. The first-order valence-electron chi connectivity index (χ1n) is 16.8. The Kier molecular flexibility index (Phi) is 29.4. The van der Waals surface area contributed by atoms with Crippen LogP contribution in [0, 0.1) is 0 Å². The Morgan fingerprint density at radius 1 is 0.600 bits per heavy atom. The lowest BCUT2D eigenvalue weighted by Crippen LogP contribution is -2.48. The van der Waals surface area contributed by atoms with Gasteiger partial charge in [0.2, 0.25) is 5.91 Å². The fourth-order valence-electron chi connectivity index (χ4n) is 4.72. The van der Waals surface area contributed by atoms with Crippen LogP contribution in [0.4, 0.5) is 0 Å². The normalized spacial score (nSPS) is 14.4. The van der Waals surface area contributed by atoms with Crippen molar-refractivity contribution in [2.75, 3.05) is 6.61 Å². The standard InChI is InChI=1S/C35H65NO4/c1-3-5-7-9-11-13-15-16-17-18-20-22-24-26-28-30-34(39)35(40)36-32(31-37)33(38)29-27-25-23-21-19-14-12-10-8-6-4-2/h17-19,21,27,29,32-34,37-39H,3-16,20,22-26,28,30-31H2,1-2H3,(H,36,40)/b18-17-,21-19+,29-27+. The second kappa shape index (κ2) is 30.5. The third kappa shape index (κ3) is 25.5. The van der Waals surface area contributed by atoms with Crippen molar-refractivity contribution in [2.45, 2.75) is 173 Å². The summed E-state index contributed by atoms with van der Waals surface area (Å²) in [7, 11) is 0. The zero-order valence-electron chi connectivity index (χ0n) is 26.2. The van der Waals surface area contributed by atoms with Gasteiger partial charge in [0.1, 0.15) is 6.10 Å². The van der Waals surface area contributed by atoms with E-state index >= 15 is 0 Å². The van der Waals surface area contributed by atoms with Crippen molar-refractivity contribution in [3.8, 4) is 0 Å². The SMILES string of the molecule is CCCCCCC/C=C/CC/C=C/C(O)C(CO)NC(=O)C(O)CCCCCC/C=C\CCCCCCCCC. The number of unbranched alkanes of at least 4 members (excludes halogenated alkanes) is 17. The van der Waals surface area contributed by atoms with Crippen LogP contribution in [0.25, 0.3) is 0 Å². The maximum absolute atomic E-state index is 12.3. The second-order valence-corrected chi connectivity index (χ2v) is 11.4. The van der Waals surface area contributed by atoms with Crippen molar-refractivity contribution in [1.82, 2.24) is 5.32 Å². The highest BCUT2D eigenvalue weighted by Gasteiger charge is 2.22. The molecule has 40 heavy (non-hydrogen) atoms. The molecule has 0 aromatic carbocycles. The smallest absolute Gasteiger partial charge is 0.249 e. The van der Waals surface area contributed by atoms with E-state index in [-0.39, 0.29) is 6.61 Å². The Balaban J connectivity index is 3.85. The molecule has 5 nitrogen and oxygen atoms in total. The van der Waals surface area contributed by atoms with E-state index in [2.05, 4.69) is 43.5 Å². The molecule has 0 radical (unpaired) electrons. The summed E-state index contributed by atoms with van der Waals surface area (Å²) in [5.74, 6) is -0.526. The lowest BCUT2D eigenvalue weighted by Gasteiger charge is -2.21. The van der Waals surface area contributed by atoms with Gasteiger partial charge in [-0.1, -0.05) is 134 Å². The van der Waals surface area contributed by atoms with E-state index in [1.807, 2.05) is 6.08 Å². The highest BCUT2D eigenvalue weighted by atomic mass is 16.3. The van der Waals surface area contributed by atoms with Gasteiger partial charge in [-0.05, 0) is 57.8 Å². The molecule has 4 N–H and O–H groups in total. The zero-order valence-corrected chi connectivity index (χ0v) is 26.2. The summed E-state index contributed by atoms with van der Waals surface area (Å²) in [6.45, 7) is 4.10. The molecule has 0 aliphatic rings.